The molecule has 0 aliphatic heterocycles. The van der Waals surface area contributed by atoms with Crippen molar-refractivity contribution < 1.29 is 34.6 Å². The summed E-state index contributed by atoms with van der Waals surface area (Å²) in [6.45, 7) is 0.862. The highest BCUT2D eigenvalue weighted by Gasteiger charge is 2.48. The maximum Gasteiger partial charge on any atom is 0.523 e. The van der Waals surface area contributed by atoms with Crippen LogP contribution in [0.2, 0.25) is 0 Å². The Morgan fingerprint density at radius 3 is 2.28 bits per heavy atom. The summed E-state index contributed by atoms with van der Waals surface area (Å²) in [6, 6.07) is 1.96. The average molecular weight is 290 g/mol. The van der Waals surface area contributed by atoms with Crippen molar-refractivity contribution in [2.45, 2.75) is 18.5 Å². The summed E-state index contributed by atoms with van der Waals surface area (Å²) in [6.07, 6.45) is -1.80. The van der Waals surface area contributed by atoms with E-state index in [2.05, 4.69) is 4.18 Å². The van der Waals surface area contributed by atoms with Crippen LogP contribution in [0.15, 0.2) is 18.2 Å². The summed E-state index contributed by atoms with van der Waals surface area (Å²) >= 11 is 0. The molecule has 3 nitrogen and oxygen atoms in total. The van der Waals surface area contributed by atoms with Crippen LogP contribution in [0.4, 0.5) is 22.0 Å². The van der Waals surface area contributed by atoms with E-state index in [9.17, 15) is 30.4 Å². The quantitative estimate of drug-likeness (QED) is 0.488. The van der Waals surface area contributed by atoms with Crippen LogP contribution in [0.5, 0.6) is 0 Å². The zero-order chi connectivity index (χ0) is 14.1. The zero-order valence-electron chi connectivity index (χ0n) is 8.83. The van der Waals surface area contributed by atoms with Crippen molar-refractivity contribution in [3.8, 4) is 0 Å². The topological polar surface area (TPSA) is 43.4 Å². The maximum absolute atomic E-state index is 13.2. The molecule has 9 heteroatoms. The van der Waals surface area contributed by atoms with Crippen LogP contribution in [0.25, 0.3) is 0 Å². The Balaban J connectivity index is 3.03. The molecular weight excluding hydrogens is 283 g/mol. The summed E-state index contributed by atoms with van der Waals surface area (Å²) in [5.41, 5.74) is -6.24. The van der Waals surface area contributed by atoms with Crippen molar-refractivity contribution in [3.05, 3.63) is 35.4 Å². The Bertz CT molecular complexity index is 538. The number of alkyl halides is 3. The number of benzene rings is 1. The van der Waals surface area contributed by atoms with Crippen LogP contribution >= 0.6 is 0 Å². The van der Waals surface area contributed by atoms with Gasteiger partial charge in [-0.3, -0.25) is 4.18 Å². The molecule has 1 aromatic carbocycles. The van der Waals surface area contributed by atoms with Crippen molar-refractivity contribution in [1.82, 2.24) is 0 Å². The third-order valence-corrected chi connectivity index (χ3v) is 3.06. The second-order valence-electron chi connectivity index (χ2n) is 3.30. The van der Waals surface area contributed by atoms with Gasteiger partial charge in [-0.1, -0.05) is 0 Å². The Kier molecular flexibility index (Phi) is 3.96. The monoisotopic (exact) mass is 290 g/mol. The molecule has 0 N–H and O–H groups in total. The molecule has 102 valence electrons. The molecule has 0 fully saturated rings. The van der Waals surface area contributed by atoms with Crippen LogP contribution in [0.3, 0.4) is 0 Å². The van der Waals surface area contributed by atoms with Gasteiger partial charge in [0.05, 0.1) is 0 Å². The van der Waals surface area contributed by atoms with E-state index in [1.165, 1.54) is 0 Å². The van der Waals surface area contributed by atoms with Crippen molar-refractivity contribution in [2.75, 3.05) is 0 Å². The number of hydrogen-bond donors (Lipinski definition) is 0. The van der Waals surface area contributed by atoms with Crippen LogP contribution in [-0.4, -0.2) is 13.9 Å². The van der Waals surface area contributed by atoms with Gasteiger partial charge in [-0.25, -0.2) is 8.78 Å². The molecular formula is C9H7F5O3S. The third kappa shape index (κ3) is 3.16. The highest BCUT2D eigenvalue weighted by molar-refractivity contribution is 7.87. The van der Waals surface area contributed by atoms with Crippen molar-refractivity contribution in [3.63, 3.8) is 0 Å². The third-order valence-electron chi connectivity index (χ3n) is 1.95. The number of hydrogen-bond acceptors (Lipinski definition) is 3. The highest BCUT2D eigenvalue weighted by atomic mass is 32.2. The molecule has 0 aromatic heterocycles. The lowest BCUT2D eigenvalue weighted by Crippen LogP contribution is -2.26. The smallest absolute Gasteiger partial charge is 0.255 e. The molecule has 1 atom stereocenters. The second kappa shape index (κ2) is 4.81. The Hall–Kier alpha value is -1.22. The fourth-order valence-corrected chi connectivity index (χ4v) is 1.72. The van der Waals surface area contributed by atoms with E-state index >= 15 is 0 Å². The Labute approximate surface area is 99.3 Å². The van der Waals surface area contributed by atoms with E-state index in [1.54, 1.807) is 0 Å². The predicted molar refractivity (Wildman–Crippen MR) is 50.8 cm³/mol. The van der Waals surface area contributed by atoms with Gasteiger partial charge in [0.2, 0.25) is 0 Å². The lowest BCUT2D eigenvalue weighted by atomic mass is 10.1. The predicted octanol–water partition coefficient (Wildman–Crippen LogP) is 2.89. The fourth-order valence-electron chi connectivity index (χ4n) is 1.12. The van der Waals surface area contributed by atoms with Crippen LogP contribution in [-0.2, 0) is 14.3 Å². The molecule has 1 aromatic rings. The van der Waals surface area contributed by atoms with Gasteiger partial charge in [-0.2, -0.15) is 21.6 Å². The lowest BCUT2D eigenvalue weighted by molar-refractivity contribution is -0.0570. The highest BCUT2D eigenvalue weighted by Crippen LogP contribution is 2.31. The van der Waals surface area contributed by atoms with E-state index in [-0.39, 0.29) is 0 Å². The molecule has 18 heavy (non-hydrogen) atoms. The van der Waals surface area contributed by atoms with Crippen LogP contribution in [0, 0.1) is 11.6 Å². The molecule has 0 aliphatic rings. The van der Waals surface area contributed by atoms with Crippen LogP contribution in [0.1, 0.15) is 18.6 Å². The molecule has 1 rings (SSSR count). The van der Waals surface area contributed by atoms with Crippen molar-refractivity contribution >= 4 is 10.1 Å². The van der Waals surface area contributed by atoms with Gasteiger partial charge in [-0.05, 0) is 25.1 Å². The minimum atomic E-state index is -5.86. The number of rotatable bonds is 3. The van der Waals surface area contributed by atoms with E-state index in [0.717, 1.165) is 13.0 Å². The first-order valence-electron chi connectivity index (χ1n) is 4.49. The molecule has 0 amide bonds. The zero-order valence-corrected chi connectivity index (χ0v) is 9.65. The van der Waals surface area contributed by atoms with Gasteiger partial charge >= 0.3 is 15.6 Å². The SMILES string of the molecule is CC(OS(=O)(=O)C(F)(F)F)c1cc(F)ccc1F. The van der Waals surface area contributed by atoms with E-state index < -0.39 is 38.9 Å². The molecule has 0 aliphatic carbocycles. The maximum atomic E-state index is 13.2. The van der Waals surface area contributed by atoms with Gasteiger partial charge < -0.3 is 0 Å². The van der Waals surface area contributed by atoms with E-state index in [1.807, 2.05) is 0 Å². The van der Waals surface area contributed by atoms with Crippen LogP contribution < -0.4 is 0 Å². The first kappa shape index (κ1) is 14.8. The van der Waals surface area contributed by atoms with Gasteiger partial charge in [-0.15, -0.1) is 0 Å². The standard InChI is InChI=1S/C9H7F5O3S/c1-5(17-18(15,16)9(12,13)14)7-4-6(10)2-3-8(7)11/h2-5H,1H3. The van der Waals surface area contributed by atoms with Crippen molar-refractivity contribution in [1.29, 1.82) is 0 Å². The Morgan fingerprint density at radius 1 is 1.22 bits per heavy atom. The summed E-state index contributed by atoms with van der Waals surface area (Å²) in [4.78, 5) is 0. The molecule has 0 saturated carbocycles. The molecule has 0 spiro atoms. The second-order valence-corrected chi connectivity index (χ2v) is 4.87. The van der Waals surface area contributed by atoms with Gasteiger partial charge in [0.1, 0.15) is 17.7 Å². The fraction of sp³-hybridized carbons (Fsp3) is 0.333. The minimum Gasteiger partial charge on any atom is -0.255 e. The molecule has 0 bridgehead atoms. The largest absolute Gasteiger partial charge is 0.523 e. The van der Waals surface area contributed by atoms with Gasteiger partial charge in [0.15, 0.2) is 0 Å². The average Bonchev–Trinajstić information content (AvgIpc) is 2.19. The molecule has 1 unspecified atom stereocenters. The summed E-state index contributed by atoms with van der Waals surface area (Å²) in [7, 11) is -5.86. The summed E-state index contributed by atoms with van der Waals surface area (Å²) in [5, 5.41) is 0. The minimum absolute atomic E-state index is 0.561. The first-order valence-corrected chi connectivity index (χ1v) is 5.90. The molecule has 0 saturated heterocycles. The van der Waals surface area contributed by atoms with Crippen molar-refractivity contribution in [2.24, 2.45) is 0 Å². The van der Waals surface area contributed by atoms with Gasteiger partial charge in [0.25, 0.3) is 0 Å². The van der Waals surface area contributed by atoms with E-state index in [0.29, 0.717) is 12.1 Å². The first-order chi connectivity index (χ1) is 8.04. The van der Waals surface area contributed by atoms with E-state index in [4.69, 9.17) is 0 Å². The normalized spacial score (nSPS) is 14.6. The summed E-state index contributed by atoms with van der Waals surface area (Å²) in [5.74, 6) is -1.99. The lowest BCUT2D eigenvalue weighted by Gasteiger charge is -2.15. The molecule has 0 heterocycles. The van der Waals surface area contributed by atoms with Gasteiger partial charge in [0, 0.05) is 5.56 Å². The molecule has 0 radical (unpaired) electrons. The summed E-state index contributed by atoms with van der Waals surface area (Å²) < 4.78 is 87.1. The number of halogens is 5. The Morgan fingerprint density at radius 2 is 1.78 bits per heavy atom.